The minimum atomic E-state index is 0.433. The summed E-state index contributed by atoms with van der Waals surface area (Å²) in [6.07, 6.45) is 4.58. The van der Waals surface area contributed by atoms with Gasteiger partial charge in [-0.2, -0.15) is 0 Å². The van der Waals surface area contributed by atoms with E-state index in [1.165, 1.54) is 4.88 Å². The third-order valence-corrected chi connectivity index (χ3v) is 4.19. The fraction of sp³-hybridized carbons (Fsp3) is 0.769. The molecule has 19 heavy (non-hydrogen) atoms. The monoisotopic (exact) mass is 284 g/mol. The van der Waals surface area contributed by atoms with Crippen molar-refractivity contribution in [3.8, 4) is 0 Å². The standard InChI is InChI=1S/C13H24N4OS/c1-16(2)7-8-18-11-3-5-17(6-4-11)10-12-9-15-13(14)19-12/h9,11H,3-8,10H2,1-2H3,(H2,14,15). The van der Waals surface area contributed by atoms with E-state index >= 15 is 0 Å². The fourth-order valence-electron chi connectivity index (χ4n) is 2.25. The normalized spacial score (nSPS) is 18.3. The summed E-state index contributed by atoms with van der Waals surface area (Å²) in [6, 6.07) is 0. The van der Waals surface area contributed by atoms with E-state index in [1.807, 2.05) is 6.20 Å². The minimum Gasteiger partial charge on any atom is -0.377 e. The zero-order valence-electron chi connectivity index (χ0n) is 11.8. The Morgan fingerprint density at radius 3 is 2.79 bits per heavy atom. The van der Waals surface area contributed by atoms with E-state index in [4.69, 9.17) is 10.5 Å². The first kappa shape index (κ1) is 14.7. The van der Waals surface area contributed by atoms with Crippen molar-refractivity contribution >= 4 is 16.5 Å². The minimum absolute atomic E-state index is 0.433. The van der Waals surface area contributed by atoms with Crippen molar-refractivity contribution in [2.24, 2.45) is 0 Å². The second-order valence-corrected chi connectivity index (χ2v) is 6.46. The summed E-state index contributed by atoms with van der Waals surface area (Å²) in [5, 5.41) is 0.664. The molecular weight excluding hydrogens is 260 g/mol. The van der Waals surface area contributed by atoms with Crippen LogP contribution in [-0.4, -0.2) is 61.2 Å². The average Bonchev–Trinajstić information content (AvgIpc) is 2.77. The van der Waals surface area contributed by atoms with Crippen molar-refractivity contribution in [1.82, 2.24) is 14.8 Å². The van der Waals surface area contributed by atoms with Gasteiger partial charge in [0.05, 0.1) is 12.7 Å². The maximum atomic E-state index is 5.90. The number of thiazole rings is 1. The van der Waals surface area contributed by atoms with E-state index in [9.17, 15) is 0 Å². The maximum Gasteiger partial charge on any atom is 0.180 e. The van der Waals surface area contributed by atoms with Crippen LogP contribution in [0.2, 0.25) is 0 Å². The molecule has 5 nitrogen and oxygen atoms in total. The number of nitrogens with two attached hydrogens (primary N) is 1. The zero-order valence-corrected chi connectivity index (χ0v) is 12.7. The van der Waals surface area contributed by atoms with E-state index in [-0.39, 0.29) is 0 Å². The molecule has 2 rings (SSSR count). The lowest BCUT2D eigenvalue weighted by Gasteiger charge is -2.31. The van der Waals surface area contributed by atoms with E-state index in [1.54, 1.807) is 11.3 Å². The van der Waals surface area contributed by atoms with Gasteiger partial charge in [-0.1, -0.05) is 0 Å². The quantitative estimate of drug-likeness (QED) is 0.852. The maximum absolute atomic E-state index is 5.90. The second kappa shape index (κ2) is 7.19. The molecule has 0 aromatic carbocycles. The molecule has 1 aromatic rings. The van der Waals surface area contributed by atoms with Gasteiger partial charge >= 0.3 is 0 Å². The first-order chi connectivity index (χ1) is 9.13. The van der Waals surface area contributed by atoms with Crippen LogP contribution in [0.1, 0.15) is 17.7 Å². The first-order valence-corrected chi connectivity index (χ1v) is 7.64. The summed E-state index contributed by atoms with van der Waals surface area (Å²) in [5.41, 5.74) is 5.65. The summed E-state index contributed by atoms with van der Waals surface area (Å²) >= 11 is 1.59. The molecule has 0 aliphatic carbocycles. The van der Waals surface area contributed by atoms with Gasteiger partial charge < -0.3 is 15.4 Å². The van der Waals surface area contributed by atoms with Crippen LogP contribution in [0.4, 0.5) is 5.13 Å². The van der Waals surface area contributed by atoms with Crippen LogP contribution in [0.25, 0.3) is 0 Å². The largest absolute Gasteiger partial charge is 0.377 e. The number of hydrogen-bond acceptors (Lipinski definition) is 6. The van der Waals surface area contributed by atoms with Crippen LogP contribution in [-0.2, 0) is 11.3 Å². The number of hydrogen-bond donors (Lipinski definition) is 1. The average molecular weight is 284 g/mol. The summed E-state index contributed by atoms with van der Waals surface area (Å²) in [5.74, 6) is 0. The van der Waals surface area contributed by atoms with Gasteiger partial charge in [0.25, 0.3) is 0 Å². The van der Waals surface area contributed by atoms with Gasteiger partial charge in [-0.25, -0.2) is 4.98 Å². The van der Waals surface area contributed by atoms with E-state index < -0.39 is 0 Å². The van der Waals surface area contributed by atoms with Gasteiger partial charge in [0.2, 0.25) is 0 Å². The smallest absolute Gasteiger partial charge is 0.180 e. The fourth-order valence-corrected chi connectivity index (χ4v) is 2.98. The van der Waals surface area contributed by atoms with Crippen molar-refractivity contribution in [2.45, 2.75) is 25.5 Å². The lowest BCUT2D eigenvalue weighted by molar-refractivity contribution is 0.000946. The molecule has 0 spiro atoms. The zero-order chi connectivity index (χ0) is 13.7. The highest BCUT2D eigenvalue weighted by atomic mass is 32.1. The molecule has 2 N–H and O–H groups in total. The van der Waals surface area contributed by atoms with Crippen LogP contribution in [0.5, 0.6) is 0 Å². The van der Waals surface area contributed by atoms with E-state index in [0.717, 1.165) is 45.6 Å². The molecule has 1 aliphatic heterocycles. The van der Waals surface area contributed by atoms with Crippen molar-refractivity contribution < 1.29 is 4.74 Å². The molecule has 1 saturated heterocycles. The number of piperidine rings is 1. The van der Waals surface area contributed by atoms with Crippen LogP contribution in [0.3, 0.4) is 0 Å². The lowest BCUT2D eigenvalue weighted by Crippen LogP contribution is -2.37. The summed E-state index contributed by atoms with van der Waals surface area (Å²) < 4.78 is 5.90. The van der Waals surface area contributed by atoms with Crippen LogP contribution < -0.4 is 5.73 Å². The third kappa shape index (κ3) is 5.06. The molecule has 2 heterocycles. The predicted octanol–water partition coefficient (Wildman–Crippen LogP) is 1.27. The predicted molar refractivity (Wildman–Crippen MR) is 79.3 cm³/mol. The number of rotatable bonds is 6. The van der Waals surface area contributed by atoms with Gasteiger partial charge in [-0.3, -0.25) is 4.90 Å². The number of aromatic nitrogens is 1. The number of ether oxygens (including phenoxy) is 1. The Hall–Kier alpha value is -0.690. The van der Waals surface area contributed by atoms with Crippen molar-refractivity contribution in [3.63, 3.8) is 0 Å². The summed E-state index contributed by atoms with van der Waals surface area (Å²) in [4.78, 5) is 9.96. The van der Waals surface area contributed by atoms with Crippen LogP contribution in [0, 0.1) is 0 Å². The molecule has 0 radical (unpaired) electrons. The molecular formula is C13H24N4OS. The van der Waals surface area contributed by atoms with Gasteiger partial charge in [0.1, 0.15) is 0 Å². The van der Waals surface area contributed by atoms with Crippen LogP contribution in [0.15, 0.2) is 6.20 Å². The molecule has 0 unspecified atom stereocenters. The lowest BCUT2D eigenvalue weighted by atomic mass is 10.1. The molecule has 6 heteroatoms. The Labute approximate surface area is 119 Å². The van der Waals surface area contributed by atoms with Crippen molar-refractivity contribution in [3.05, 3.63) is 11.1 Å². The molecule has 108 valence electrons. The summed E-state index contributed by atoms with van der Waals surface area (Å²) in [7, 11) is 4.15. The number of nitrogen functional groups attached to an aromatic ring is 1. The number of nitrogens with zero attached hydrogens (tertiary/aromatic N) is 3. The van der Waals surface area contributed by atoms with Gasteiger partial charge in [-0.05, 0) is 26.9 Å². The second-order valence-electron chi connectivity index (χ2n) is 5.31. The Morgan fingerprint density at radius 2 is 2.21 bits per heavy atom. The Kier molecular flexibility index (Phi) is 5.57. The van der Waals surface area contributed by atoms with Crippen molar-refractivity contribution in [2.75, 3.05) is 46.1 Å². The highest BCUT2D eigenvalue weighted by Gasteiger charge is 2.20. The van der Waals surface area contributed by atoms with Crippen LogP contribution >= 0.6 is 11.3 Å². The van der Waals surface area contributed by atoms with E-state index in [0.29, 0.717) is 11.2 Å². The SMILES string of the molecule is CN(C)CCOC1CCN(Cc2cnc(N)s2)CC1. The Bertz CT molecular complexity index is 374. The molecule has 0 saturated carbocycles. The molecule has 1 aromatic heterocycles. The number of likely N-dealkylation sites (tertiary alicyclic amines) is 1. The van der Waals surface area contributed by atoms with E-state index in [2.05, 4.69) is 28.9 Å². The Balaban J connectivity index is 1.65. The highest BCUT2D eigenvalue weighted by molar-refractivity contribution is 7.15. The topological polar surface area (TPSA) is 54.6 Å². The Morgan fingerprint density at radius 1 is 1.47 bits per heavy atom. The van der Waals surface area contributed by atoms with Gasteiger partial charge in [0.15, 0.2) is 5.13 Å². The molecule has 1 aliphatic rings. The van der Waals surface area contributed by atoms with Crippen molar-refractivity contribution in [1.29, 1.82) is 0 Å². The molecule has 0 atom stereocenters. The molecule has 1 fully saturated rings. The molecule has 0 bridgehead atoms. The number of anilines is 1. The first-order valence-electron chi connectivity index (χ1n) is 6.82. The molecule has 0 amide bonds. The number of likely N-dealkylation sites (N-methyl/N-ethyl adjacent to an activating group) is 1. The summed E-state index contributed by atoms with van der Waals surface area (Å²) in [6.45, 7) is 5.01. The third-order valence-electron chi connectivity index (χ3n) is 3.38. The van der Waals surface area contributed by atoms with Gasteiger partial charge in [-0.15, -0.1) is 11.3 Å². The van der Waals surface area contributed by atoms with Gasteiger partial charge in [0, 0.05) is 37.3 Å². The highest BCUT2D eigenvalue weighted by Crippen LogP contribution is 2.20.